The van der Waals surface area contributed by atoms with E-state index in [2.05, 4.69) is 10.4 Å². The number of aromatic nitrogens is 2. The molecule has 0 spiro atoms. The van der Waals surface area contributed by atoms with E-state index in [1.807, 2.05) is 0 Å². The minimum atomic E-state index is -4.47. The second kappa shape index (κ2) is 6.55. The van der Waals surface area contributed by atoms with Gasteiger partial charge < -0.3 is 5.32 Å². The van der Waals surface area contributed by atoms with Gasteiger partial charge >= 0.3 is 6.18 Å². The lowest BCUT2D eigenvalue weighted by molar-refractivity contribution is -0.137. The van der Waals surface area contributed by atoms with Crippen LogP contribution < -0.4 is 5.32 Å². The summed E-state index contributed by atoms with van der Waals surface area (Å²) in [5, 5.41) is 32.7. The first-order valence-electron chi connectivity index (χ1n) is 6.33. The highest BCUT2D eigenvalue weighted by Crippen LogP contribution is 2.29. The van der Waals surface area contributed by atoms with Crippen molar-refractivity contribution in [2.75, 3.05) is 5.32 Å². The molecule has 0 unspecified atom stereocenters. The Morgan fingerprint density at radius 2 is 1.67 bits per heavy atom. The number of rotatable bonds is 3. The molecule has 6 nitrogen and oxygen atoms in total. The van der Waals surface area contributed by atoms with E-state index in [-0.39, 0.29) is 11.3 Å². The van der Waals surface area contributed by atoms with Crippen molar-refractivity contribution in [2.45, 2.75) is 6.18 Å². The van der Waals surface area contributed by atoms with Gasteiger partial charge in [-0.3, -0.25) is 0 Å². The van der Waals surface area contributed by atoms with E-state index in [4.69, 9.17) is 15.8 Å². The van der Waals surface area contributed by atoms with Crippen LogP contribution >= 0.6 is 0 Å². The molecule has 2 rings (SSSR count). The normalized spacial score (nSPS) is 10.2. The molecule has 0 saturated carbocycles. The summed E-state index contributed by atoms with van der Waals surface area (Å²) in [7, 11) is 0. The predicted octanol–water partition coefficient (Wildman–Crippen LogP) is 3.13. The summed E-state index contributed by atoms with van der Waals surface area (Å²) in [5.74, 6) is 0. The molecular formula is C15H7F3N6. The van der Waals surface area contributed by atoms with Gasteiger partial charge in [0.05, 0.1) is 17.4 Å². The Morgan fingerprint density at radius 1 is 1.04 bits per heavy atom. The molecule has 1 aromatic carbocycles. The van der Waals surface area contributed by atoms with Gasteiger partial charge in [0.2, 0.25) is 0 Å². The first-order chi connectivity index (χ1) is 11.4. The van der Waals surface area contributed by atoms with Crippen LogP contribution in [0.25, 0.3) is 5.69 Å². The highest BCUT2D eigenvalue weighted by molar-refractivity contribution is 5.59. The zero-order chi connectivity index (χ0) is 17.7. The first-order valence-corrected chi connectivity index (χ1v) is 6.33. The Balaban J connectivity index is 2.25. The molecule has 0 radical (unpaired) electrons. The average Bonchev–Trinajstić information content (AvgIpc) is 3.06. The number of anilines is 1. The summed E-state index contributed by atoms with van der Waals surface area (Å²) >= 11 is 0. The quantitative estimate of drug-likeness (QED) is 0.872. The van der Waals surface area contributed by atoms with E-state index in [0.717, 1.165) is 17.1 Å². The molecule has 0 aliphatic heterocycles. The minimum absolute atomic E-state index is 0.216. The second-order valence-electron chi connectivity index (χ2n) is 4.43. The van der Waals surface area contributed by atoms with Crippen LogP contribution in [0.5, 0.6) is 0 Å². The Labute approximate surface area is 134 Å². The van der Waals surface area contributed by atoms with Gasteiger partial charge in [0.1, 0.15) is 23.9 Å². The fourth-order valence-corrected chi connectivity index (χ4v) is 1.74. The van der Waals surface area contributed by atoms with E-state index in [0.29, 0.717) is 11.4 Å². The molecule has 0 aliphatic rings. The van der Waals surface area contributed by atoms with Gasteiger partial charge in [0.15, 0.2) is 5.57 Å². The topological polar surface area (TPSA) is 101 Å². The summed E-state index contributed by atoms with van der Waals surface area (Å²) < 4.78 is 38.7. The number of hydrogen-bond acceptors (Lipinski definition) is 5. The maximum Gasteiger partial charge on any atom is 0.419 e. The molecule has 1 N–H and O–H groups in total. The number of nitrogens with zero attached hydrogens (tertiary/aromatic N) is 5. The van der Waals surface area contributed by atoms with Crippen molar-refractivity contribution in [3.8, 4) is 23.9 Å². The summed E-state index contributed by atoms with van der Waals surface area (Å²) in [4.78, 5) is 0. The van der Waals surface area contributed by atoms with Gasteiger partial charge in [-0.25, -0.2) is 4.68 Å². The van der Waals surface area contributed by atoms with Gasteiger partial charge in [-0.15, -0.1) is 0 Å². The van der Waals surface area contributed by atoms with E-state index >= 15 is 0 Å². The Bertz CT molecular complexity index is 885. The van der Waals surface area contributed by atoms with Crippen molar-refractivity contribution >= 4 is 5.69 Å². The van der Waals surface area contributed by atoms with Crippen molar-refractivity contribution in [1.82, 2.24) is 9.78 Å². The van der Waals surface area contributed by atoms with Crippen molar-refractivity contribution in [1.29, 1.82) is 15.8 Å². The third-order valence-electron chi connectivity index (χ3n) is 2.90. The van der Waals surface area contributed by atoms with Crippen LogP contribution in [0.2, 0.25) is 0 Å². The largest absolute Gasteiger partial charge is 0.419 e. The van der Waals surface area contributed by atoms with Crippen LogP contribution in [0, 0.1) is 34.0 Å². The molecule has 0 bridgehead atoms. The number of alkyl halides is 3. The number of nitrogens with one attached hydrogen (secondary N) is 1. The highest BCUT2D eigenvalue weighted by Gasteiger charge is 2.32. The lowest BCUT2D eigenvalue weighted by Crippen LogP contribution is -2.03. The second-order valence-corrected chi connectivity index (χ2v) is 4.43. The lowest BCUT2D eigenvalue weighted by Gasteiger charge is -2.06. The molecule has 1 aromatic heterocycles. The number of nitriles is 3. The fourth-order valence-electron chi connectivity index (χ4n) is 1.74. The Hall–Kier alpha value is -3.77. The fraction of sp³-hybridized carbons (Fsp3) is 0.0667. The maximum absolute atomic E-state index is 12.6. The van der Waals surface area contributed by atoms with Crippen LogP contribution in [0.15, 0.2) is 47.9 Å². The number of allylic oxidation sites excluding steroid dienone is 2. The summed E-state index contributed by atoms with van der Waals surface area (Å²) in [6, 6.07) is 10.8. The van der Waals surface area contributed by atoms with Crippen molar-refractivity contribution in [3.63, 3.8) is 0 Å². The van der Waals surface area contributed by atoms with E-state index < -0.39 is 11.7 Å². The molecule has 2 aromatic rings. The van der Waals surface area contributed by atoms with E-state index in [1.165, 1.54) is 24.3 Å². The van der Waals surface area contributed by atoms with E-state index in [9.17, 15) is 13.2 Å². The minimum Gasteiger partial charge on any atom is -0.345 e. The zero-order valence-electron chi connectivity index (χ0n) is 11.8. The van der Waals surface area contributed by atoms with Crippen LogP contribution in [0.4, 0.5) is 18.9 Å². The third kappa shape index (κ3) is 3.52. The van der Waals surface area contributed by atoms with Crippen molar-refractivity contribution < 1.29 is 13.2 Å². The SMILES string of the molecule is N#CC(C#N)=C(C#N)Nc1ccc(-n2cc(C(F)(F)F)cn2)cc1. The number of halogens is 3. The van der Waals surface area contributed by atoms with Gasteiger partial charge in [0, 0.05) is 11.9 Å². The Kier molecular flexibility index (Phi) is 4.53. The van der Waals surface area contributed by atoms with Crippen molar-refractivity contribution in [2.24, 2.45) is 0 Å². The van der Waals surface area contributed by atoms with Gasteiger partial charge in [-0.2, -0.15) is 34.1 Å². The summed E-state index contributed by atoms with van der Waals surface area (Å²) in [6.07, 6.45) is -2.90. The molecular weight excluding hydrogens is 321 g/mol. The molecule has 9 heteroatoms. The first kappa shape index (κ1) is 16.6. The van der Waals surface area contributed by atoms with Crippen LogP contribution in [-0.4, -0.2) is 9.78 Å². The molecule has 1 heterocycles. The molecule has 24 heavy (non-hydrogen) atoms. The smallest absolute Gasteiger partial charge is 0.345 e. The van der Waals surface area contributed by atoms with Gasteiger partial charge in [-0.05, 0) is 24.3 Å². The third-order valence-corrected chi connectivity index (χ3v) is 2.90. The van der Waals surface area contributed by atoms with Gasteiger partial charge in [-0.1, -0.05) is 0 Å². The summed E-state index contributed by atoms with van der Waals surface area (Å²) in [5.41, 5.74) is -0.692. The van der Waals surface area contributed by atoms with Crippen LogP contribution in [-0.2, 0) is 6.18 Å². The number of hydrogen-bond donors (Lipinski definition) is 1. The predicted molar refractivity (Wildman–Crippen MR) is 76.1 cm³/mol. The van der Waals surface area contributed by atoms with Crippen LogP contribution in [0.1, 0.15) is 5.56 Å². The van der Waals surface area contributed by atoms with Crippen LogP contribution in [0.3, 0.4) is 0 Å². The molecule has 0 aliphatic carbocycles. The summed E-state index contributed by atoms with van der Waals surface area (Å²) in [6.45, 7) is 0. The maximum atomic E-state index is 12.6. The van der Waals surface area contributed by atoms with E-state index in [1.54, 1.807) is 18.2 Å². The lowest BCUT2D eigenvalue weighted by atomic mass is 10.2. The number of benzene rings is 1. The molecule has 0 atom stereocenters. The average molecular weight is 328 g/mol. The monoisotopic (exact) mass is 328 g/mol. The standard InChI is InChI=1S/C15H7F3N6/c16-15(17,18)11-8-22-24(9-11)13-3-1-12(2-4-13)23-14(7-21)10(5-19)6-20/h1-4,8-9,23H. The molecule has 0 amide bonds. The van der Waals surface area contributed by atoms with Crippen molar-refractivity contribution in [3.05, 3.63) is 53.5 Å². The molecule has 118 valence electrons. The van der Waals surface area contributed by atoms with Gasteiger partial charge in [0.25, 0.3) is 0 Å². The highest BCUT2D eigenvalue weighted by atomic mass is 19.4. The molecule has 0 saturated heterocycles. The molecule has 0 fully saturated rings. The Morgan fingerprint density at radius 3 is 2.12 bits per heavy atom. The zero-order valence-corrected chi connectivity index (χ0v) is 11.8.